The summed E-state index contributed by atoms with van der Waals surface area (Å²) in [6, 6.07) is 9.41. The minimum atomic E-state index is -2.18. The van der Waals surface area contributed by atoms with Gasteiger partial charge in [-0.2, -0.15) is 0 Å². The maximum atomic E-state index is 10.9. The first-order valence-corrected chi connectivity index (χ1v) is 13.9. The van der Waals surface area contributed by atoms with Gasteiger partial charge in [-0.3, -0.25) is 0 Å². The third-order valence-electron chi connectivity index (χ3n) is 6.45. The maximum Gasteiger partial charge on any atom is 0.192 e. The first kappa shape index (κ1) is 24.6. The second-order valence-electron chi connectivity index (χ2n) is 10.4. The Morgan fingerprint density at radius 1 is 1.19 bits per heavy atom. The van der Waals surface area contributed by atoms with Crippen molar-refractivity contribution in [3.05, 3.63) is 48.6 Å². The third-order valence-corrected chi connectivity index (χ3v) is 10.9. The molecule has 3 rings (SSSR count). The Bertz CT molecular complexity index is 744. The molecule has 0 unspecified atom stereocenters. The molecule has 2 saturated heterocycles. The van der Waals surface area contributed by atoms with E-state index in [4.69, 9.17) is 23.4 Å². The van der Waals surface area contributed by atoms with Gasteiger partial charge in [-0.25, -0.2) is 0 Å². The summed E-state index contributed by atoms with van der Waals surface area (Å²) >= 11 is 0. The number of rotatable bonds is 7. The van der Waals surface area contributed by atoms with Gasteiger partial charge in [-0.15, -0.1) is 6.58 Å². The van der Waals surface area contributed by atoms with Crippen LogP contribution in [0.3, 0.4) is 0 Å². The quantitative estimate of drug-likeness (QED) is 0.485. The van der Waals surface area contributed by atoms with Gasteiger partial charge in [0.25, 0.3) is 0 Å². The Balaban J connectivity index is 1.85. The number of ether oxygens (including phenoxy) is 4. The molecule has 1 aromatic carbocycles. The molecule has 1 N–H and O–H groups in total. The van der Waals surface area contributed by atoms with Crippen LogP contribution >= 0.6 is 0 Å². The van der Waals surface area contributed by atoms with E-state index in [2.05, 4.69) is 40.4 Å². The lowest BCUT2D eigenvalue weighted by Crippen LogP contribution is -2.59. The second kappa shape index (κ2) is 9.06. The number of fused-ring (bicyclic) bond motifs is 1. The van der Waals surface area contributed by atoms with Crippen LogP contribution in [-0.2, 0) is 23.4 Å². The first-order valence-electron chi connectivity index (χ1n) is 11.0. The molecular weight excluding hydrogens is 412 g/mol. The van der Waals surface area contributed by atoms with E-state index >= 15 is 0 Å². The summed E-state index contributed by atoms with van der Waals surface area (Å²) in [5.74, 6) is -0.718. The summed E-state index contributed by atoms with van der Waals surface area (Å²) in [6.07, 6.45) is -1.67. The van der Waals surface area contributed by atoms with Crippen LogP contribution < -0.4 is 0 Å². The van der Waals surface area contributed by atoms with Crippen molar-refractivity contribution in [2.24, 2.45) is 0 Å². The van der Waals surface area contributed by atoms with Crippen LogP contribution in [0.1, 0.15) is 46.3 Å². The topological polar surface area (TPSA) is 66.4 Å². The number of aliphatic hydroxyl groups excluding tert-OH is 1. The lowest BCUT2D eigenvalue weighted by Gasteiger charge is -2.45. The fourth-order valence-electron chi connectivity index (χ4n) is 3.72. The number of benzene rings is 1. The minimum absolute atomic E-state index is 0.000857. The average molecular weight is 451 g/mol. The number of aliphatic hydroxyl groups is 1. The SMILES string of the molecule is C=C[C@H](O[C@@H]1OC[C@H]2OC(C)(C)O[C@H]2[C@@H]1O[Si](C)(C)C(C)(C)C)[C@@H](O)c1ccccc1. The van der Waals surface area contributed by atoms with E-state index in [-0.39, 0.29) is 17.2 Å². The van der Waals surface area contributed by atoms with Gasteiger partial charge in [0.05, 0.1) is 6.61 Å². The van der Waals surface area contributed by atoms with E-state index in [1.807, 2.05) is 44.2 Å². The van der Waals surface area contributed by atoms with Crippen molar-refractivity contribution >= 4 is 8.32 Å². The van der Waals surface area contributed by atoms with E-state index < -0.39 is 38.7 Å². The van der Waals surface area contributed by atoms with Gasteiger partial charge >= 0.3 is 0 Å². The van der Waals surface area contributed by atoms with Crippen LogP contribution in [0.15, 0.2) is 43.0 Å². The maximum absolute atomic E-state index is 10.9. The summed E-state index contributed by atoms with van der Waals surface area (Å²) in [6.45, 7) is 19.0. The highest BCUT2D eigenvalue weighted by Gasteiger charge is 2.55. The molecule has 0 radical (unpaired) electrons. The molecule has 174 valence electrons. The predicted octanol–water partition coefficient (Wildman–Crippen LogP) is 4.56. The Morgan fingerprint density at radius 2 is 1.84 bits per heavy atom. The van der Waals surface area contributed by atoms with E-state index in [0.29, 0.717) is 6.61 Å². The van der Waals surface area contributed by atoms with Crippen molar-refractivity contribution in [2.45, 2.75) is 95.3 Å². The summed E-state index contributed by atoms with van der Waals surface area (Å²) < 4.78 is 31.4. The minimum Gasteiger partial charge on any atom is -0.406 e. The van der Waals surface area contributed by atoms with Gasteiger partial charge in [-0.05, 0) is 37.5 Å². The Kier molecular flexibility index (Phi) is 7.18. The lowest BCUT2D eigenvalue weighted by molar-refractivity contribution is -0.265. The van der Waals surface area contributed by atoms with Gasteiger partial charge in [0, 0.05) is 0 Å². The molecular formula is C24H38O6Si. The fourth-order valence-corrected chi connectivity index (χ4v) is 5.00. The van der Waals surface area contributed by atoms with Crippen LogP contribution in [-0.4, -0.2) is 56.5 Å². The Labute approximate surface area is 187 Å². The van der Waals surface area contributed by atoms with Gasteiger partial charge in [0.1, 0.15) is 30.5 Å². The predicted molar refractivity (Wildman–Crippen MR) is 122 cm³/mol. The molecule has 31 heavy (non-hydrogen) atoms. The zero-order valence-electron chi connectivity index (χ0n) is 19.8. The molecule has 0 amide bonds. The zero-order valence-corrected chi connectivity index (χ0v) is 20.8. The van der Waals surface area contributed by atoms with Crippen molar-refractivity contribution in [3.8, 4) is 0 Å². The van der Waals surface area contributed by atoms with Gasteiger partial charge < -0.3 is 28.5 Å². The molecule has 1 aromatic rings. The van der Waals surface area contributed by atoms with Crippen molar-refractivity contribution in [3.63, 3.8) is 0 Å². The smallest absolute Gasteiger partial charge is 0.192 e. The second-order valence-corrected chi connectivity index (χ2v) is 15.1. The van der Waals surface area contributed by atoms with Gasteiger partial charge in [-0.1, -0.05) is 57.2 Å². The summed E-state index contributed by atoms with van der Waals surface area (Å²) in [4.78, 5) is 0. The molecule has 0 spiro atoms. The monoisotopic (exact) mass is 450 g/mol. The lowest BCUT2D eigenvalue weighted by atomic mass is 10.0. The summed E-state index contributed by atoms with van der Waals surface area (Å²) in [7, 11) is -2.18. The molecule has 6 atom stereocenters. The summed E-state index contributed by atoms with van der Waals surface area (Å²) in [5.41, 5.74) is 0.754. The Hall–Kier alpha value is -1.06. The van der Waals surface area contributed by atoms with Crippen LogP contribution in [0.2, 0.25) is 18.1 Å². The number of hydrogen-bond donors (Lipinski definition) is 1. The van der Waals surface area contributed by atoms with E-state index in [9.17, 15) is 5.11 Å². The van der Waals surface area contributed by atoms with Crippen LogP contribution in [0.25, 0.3) is 0 Å². The normalized spacial score (nSPS) is 30.5. The van der Waals surface area contributed by atoms with Gasteiger partial charge in [0.15, 0.2) is 20.4 Å². The van der Waals surface area contributed by atoms with Crippen molar-refractivity contribution in [1.29, 1.82) is 0 Å². The molecule has 0 saturated carbocycles. The molecule has 2 aliphatic rings. The van der Waals surface area contributed by atoms with Crippen LogP contribution in [0.5, 0.6) is 0 Å². The van der Waals surface area contributed by atoms with Crippen LogP contribution in [0, 0.1) is 0 Å². The highest BCUT2D eigenvalue weighted by atomic mass is 28.4. The van der Waals surface area contributed by atoms with E-state index in [1.54, 1.807) is 6.08 Å². The van der Waals surface area contributed by atoms with Gasteiger partial charge in [0.2, 0.25) is 0 Å². The molecule has 0 bridgehead atoms. The molecule has 2 fully saturated rings. The average Bonchev–Trinajstić information content (AvgIpc) is 3.01. The number of hydrogen-bond acceptors (Lipinski definition) is 6. The van der Waals surface area contributed by atoms with Crippen molar-refractivity contribution in [2.75, 3.05) is 6.61 Å². The molecule has 0 aromatic heterocycles. The fraction of sp³-hybridized carbons (Fsp3) is 0.667. The molecule has 6 nitrogen and oxygen atoms in total. The third kappa shape index (κ3) is 5.47. The standard InChI is InChI=1S/C24H38O6Si/c1-9-17(19(25)16-13-11-10-12-14-16)27-22-21(30-31(7,8)23(2,3)4)20-18(15-26-22)28-24(5,6)29-20/h9-14,17-22,25H,1,15H2,2-8H3/t17-,18+,19-,20+,21-,22-/m0/s1. The van der Waals surface area contributed by atoms with E-state index in [1.165, 1.54) is 0 Å². The highest BCUT2D eigenvalue weighted by molar-refractivity contribution is 6.74. The Morgan fingerprint density at radius 3 is 2.42 bits per heavy atom. The largest absolute Gasteiger partial charge is 0.406 e. The first-order chi connectivity index (χ1) is 14.3. The van der Waals surface area contributed by atoms with E-state index in [0.717, 1.165) is 5.56 Å². The molecule has 7 heteroatoms. The molecule has 0 aliphatic carbocycles. The highest BCUT2D eigenvalue weighted by Crippen LogP contribution is 2.42. The zero-order chi connectivity index (χ0) is 23.0. The van der Waals surface area contributed by atoms with Crippen molar-refractivity contribution in [1.82, 2.24) is 0 Å². The molecule has 2 aliphatic heterocycles. The van der Waals surface area contributed by atoms with Crippen LogP contribution in [0.4, 0.5) is 0 Å². The molecule has 2 heterocycles. The summed E-state index contributed by atoms with van der Waals surface area (Å²) in [5, 5.41) is 10.9. The van der Waals surface area contributed by atoms with Crippen molar-refractivity contribution < 1.29 is 28.5 Å².